The van der Waals surface area contributed by atoms with Crippen molar-refractivity contribution in [1.29, 1.82) is 0 Å². The minimum absolute atomic E-state index is 0.201. The average Bonchev–Trinajstić information content (AvgIpc) is 2.49. The molecule has 136 valence electrons. The minimum atomic E-state index is -1.20. The van der Waals surface area contributed by atoms with Crippen LogP contribution in [0, 0.1) is 6.92 Å². The van der Waals surface area contributed by atoms with Crippen molar-refractivity contribution >= 4 is 18.7 Å². The Bertz CT molecular complexity index is 484. The molecule has 0 aliphatic rings. The van der Waals surface area contributed by atoms with Crippen molar-refractivity contribution < 1.29 is 10.0 Å². The molecule has 0 bridgehead atoms. The predicted molar refractivity (Wildman–Crippen MR) is 103 cm³/mol. The van der Waals surface area contributed by atoms with Crippen LogP contribution in [-0.4, -0.2) is 35.8 Å². The molecule has 0 heterocycles. The normalized spacial score (nSPS) is 13.8. The number of benzene rings is 1. The van der Waals surface area contributed by atoms with E-state index in [4.69, 9.17) is 27.4 Å². The Labute approximate surface area is 151 Å². The molecule has 0 saturated carbocycles. The van der Waals surface area contributed by atoms with E-state index in [9.17, 15) is 0 Å². The number of unbranched alkanes of at least 4 members (excludes halogenated alkanes) is 1. The number of halogens is 1. The molecule has 1 atom stereocenters. The standard InChI is InChI=1S/C18H32BClN2O2/c1-15-7-8-16(17(20)14-15)6-5-12-22-13-10-18(2,21)9-3-4-11-19(23)24/h7-8,14,22-24H,3-6,9-13,21H2,1-2H3. The Kier molecular flexibility index (Phi) is 9.94. The molecule has 0 fully saturated rings. The molecule has 1 aromatic carbocycles. The van der Waals surface area contributed by atoms with Gasteiger partial charge in [0, 0.05) is 10.6 Å². The molecule has 6 heteroatoms. The summed E-state index contributed by atoms with van der Waals surface area (Å²) < 4.78 is 0. The van der Waals surface area contributed by atoms with E-state index in [0.717, 1.165) is 56.6 Å². The van der Waals surface area contributed by atoms with E-state index in [0.29, 0.717) is 6.32 Å². The predicted octanol–water partition coefficient (Wildman–Crippen LogP) is 2.92. The lowest BCUT2D eigenvalue weighted by atomic mass is 9.82. The van der Waals surface area contributed by atoms with Crippen LogP contribution in [0.2, 0.25) is 11.3 Å². The molecule has 0 aromatic heterocycles. The van der Waals surface area contributed by atoms with E-state index in [1.54, 1.807) is 0 Å². The third-order valence-corrected chi connectivity index (χ3v) is 4.69. The highest BCUT2D eigenvalue weighted by molar-refractivity contribution is 6.40. The fourth-order valence-corrected chi connectivity index (χ4v) is 3.07. The van der Waals surface area contributed by atoms with E-state index in [1.165, 1.54) is 11.1 Å². The van der Waals surface area contributed by atoms with Crippen molar-refractivity contribution in [3.63, 3.8) is 0 Å². The summed E-state index contributed by atoms with van der Waals surface area (Å²) in [6.07, 6.45) is 6.01. The summed E-state index contributed by atoms with van der Waals surface area (Å²) in [5, 5.41) is 22.0. The largest absolute Gasteiger partial charge is 0.451 e. The summed E-state index contributed by atoms with van der Waals surface area (Å²) in [4.78, 5) is 0. The van der Waals surface area contributed by atoms with Crippen LogP contribution in [0.15, 0.2) is 18.2 Å². The van der Waals surface area contributed by atoms with Crippen molar-refractivity contribution in [2.45, 2.75) is 64.2 Å². The monoisotopic (exact) mass is 354 g/mol. The van der Waals surface area contributed by atoms with Crippen LogP contribution in [0.5, 0.6) is 0 Å². The Morgan fingerprint density at radius 3 is 2.58 bits per heavy atom. The van der Waals surface area contributed by atoms with Crippen LogP contribution in [0.25, 0.3) is 0 Å². The second-order valence-electron chi connectivity index (χ2n) is 7.08. The topological polar surface area (TPSA) is 78.5 Å². The van der Waals surface area contributed by atoms with Gasteiger partial charge in [-0.25, -0.2) is 0 Å². The second-order valence-corrected chi connectivity index (χ2v) is 7.49. The van der Waals surface area contributed by atoms with E-state index < -0.39 is 7.12 Å². The Morgan fingerprint density at radius 1 is 1.17 bits per heavy atom. The van der Waals surface area contributed by atoms with Gasteiger partial charge in [0.05, 0.1) is 0 Å². The molecule has 0 aliphatic heterocycles. The zero-order chi connectivity index (χ0) is 18.0. The van der Waals surface area contributed by atoms with Gasteiger partial charge in [-0.3, -0.25) is 0 Å². The molecule has 0 saturated heterocycles. The summed E-state index contributed by atoms with van der Waals surface area (Å²) in [5.41, 5.74) is 8.49. The lowest BCUT2D eigenvalue weighted by Crippen LogP contribution is -2.39. The first kappa shape index (κ1) is 21.5. The number of nitrogens with two attached hydrogens (primary N) is 1. The zero-order valence-corrected chi connectivity index (χ0v) is 15.8. The van der Waals surface area contributed by atoms with Crippen molar-refractivity contribution in [1.82, 2.24) is 5.32 Å². The van der Waals surface area contributed by atoms with Gasteiger partial charge < -0.3 is 21.1 Å². The Hall–Kier alpha value is -0.585. The number of nitrogens with one attached hydrogen (secondary N) is 1. The molecule has 24 heavy (non-hydrogen) atoms. The summed E-state index contributed by atoms with van der Waals surface area (Å²) in [6, 6.07) is 6.22. The van der Waals surface area contributed by atoms with Gasteiger partial charge in [-0.05, 0) is 76.1 Å². The van der Waals surface area contributed by atoms with E-state index in [1.807, 2.05) is 13.0 Å². The number of aryl methyl sites for hydroxylation is 2. The molecule has 1 rings (SSSR count). The van der Waals surface area contributed by atoms with Crippen LogP contribution in [0.1, 0.15) is 50.2 Å². The molecule has 0 amide bonds. The smallest absolute Gasteiger partial charge is 0.427 e. The Balaban J connectivity index is 2.10. The van der Waals surface area contributed by atoms with Crippen molar-refractivity contribution in [2.24, 2.45) is 5.73 Å². The van der Waals surface area contributed by atoms with Crippen molar-refractivity contribution in [3.05, 3.63) is 34.3 Å². The molecule has 0 spiro atoms. The zero-order valence-electron chi connectivity index (χ0n) is 15.0. The van der Waals surface area contributed by atoms with E-state index >= 15 is 0 Å². The van der Waals surface area contributed by atoms with Crippen LogP contribution < -0.4 is 11.1 Å². The third-order valence-electron chi connectivity index (χ3n) is 4.34. The molecular weight excluding hydrogens is 322 g/mol. The van der Waals surface area contributed by atoms with Crippen LogP contribution in [0.4, 0.5) is 0 Å². The summed E-state index contributed by atoms with van der Waals surface area (Å²) in [6.45, 7) is 5.97. The lowest BCUT2D eigenvalue weighted by molar-refractivity contribution is 0.369. The summed E-state index contributed by atoms with van der Waals surface area (Å²) >= 11 is 6.24. The molecular formula is C18H32BClN2O2. The second kappa shape index (κ2) is 11.1. The maximum Gasteiger partial charge on any atom is 0.451 e. The molecule has 0 aliphatic carbocycles. The van der Waals surface area contributed by atoms with Crippen LogP contribution in [0.3, 0.4) is 0 Å². The van der Waals surface area contributed by atoms with E-state index in [2.05, 4.69) is 24.4 Å². The van der Waals surface area contributed by atoms with Gasteiger partial charge in [-0.1, -0.05) is 36.6 Å². The third kappa shape index (κ3) is 9.65. The first-order valence-electron chi connectivity index (χ1n) is 8.91. The highest BCUT2D eigenvalue weighted by Gasteiger charge is 2.17. The van der Waals surface area contributed by atoms with E-state index in [-0.39, 0.29) is 5.54 Å². The summed E-state index contributed by atoms with van der Waals surface area (Å²) in [7, 11) is -1.20. The highest BCUT2D eigenvalue weighted by atomic mass is 35.5. The van der Waals surface area contributed by atoms with Gasteiger partial charge in [0.2, 0.25) is 0 Å². The molecule has 5 N–H and O–H groups in total. The van der Waals surface area contributed by atoms with Gasteiger partial charge in [0.25, 0.3) is 0 Å². The highest BCUT2D eigenvalue weighted by Crippen LogP contribution is 2.19. The number of rotatable bonds is 12. The Morgan fingerprint density at radius 2 is 1.92 bits per heavy atom. The lowest BCUT2D eigenvalue weighted by Gasteiger charge is -2.24. The van der Waals surface area contributed by atoms with Gasteiger partial charge in [0.1, 0.15) is 0 Å². The van der Waals surface area contributed by atoms with Gasteiger partial charge in [-0.2, -0.15) is 0 Å². The maximum atomic E-state index is 8.82. The maximum absolute atomic E-state index is 8.82. The van der Waals surface area contributed by atoms with Crippen LogP contribution in [-0.2, 0) is 6.42 Å². The first-order chi connectivity index (χ1) is 11.3. The minimum Gasteiger partial charge on any atom is -0.427 e. The van der Waals surface area contributed by atoms with Crippen LogP contribution >= 0.6 is 11.6 Å². The first-order valence-corrected chi connectivity index (χ1v) is 9.29. The van der Waals surface area contributed by atoms with Crippen molar-refractivity contribution in [3.8, 4) is 0 Å². The fourth-order valence-electron chi connectivity index (χ4n) is 2.74. The quantitative estimate of drug-likeness (QED) is 0.344. The molecule has 0 radical (unpaired) electrons. The van der Waals surface area contributed by atoms with Gasteiger partial charge >= 0.3 is 7.12 Å². The number of hydrogen-bond acceptors (Lipinski definition) is 4. The van der Waals surface area contributed by atoms with Gasteiger partial charge in [-0.15, -0.1) is 0 Å². The number of hydrogen-bond donors (Lipinski definition) is 4. The van der Waals surface area contributed by atoms with Crippen molar-refractivity contribution in [2.75, 3.05) is 13.1 Å². The molecule has 1 aromatic rings. The average molecular weight is 355 g/mol. The molecule has 4 nitrogen and oxygen atoms in total. The molecule has 1 unspecified atom stereocenters. The van der Waals surface area contributed by atoms with Gasteiger partial charge in [0.15, 0.2) is 0 Å². The SMILES string of the molecule is Cc1ccc(CCCNCCC(C)(N)CCCCB(O)O)c(Cl)c1. The fraction of sp³-hybridized carbons (Fsp3) is 0.667. The summed E-state index contributed by atoms with van der Waals surface area (Å²) in [5.74, 6) is 0.